The summed E-state index contributed by atoms with van der Waals surface area (Å²) in [5.74, 6) is 0.279. The predicted molar refractivity (Wildman–Crippen MR) is 89.1 cm³/mol. The maximum Gasteiger partial charge on any atom is 0.344 e. The Hall–Kier alpha value is -2.49. The lowest BCUT2D eigenvalue weighted by Gasteiger charge is -2.34. The van der Waals surface area contributed by atoms with Crippen molar-refractivity contribution in [3.8, 4) is 5.75 Å². The zero-order chi connectivity index (χ0) is 17.3. The fourth-order valence-electron chi connectivity index (χ4n) is 2.99. The summed E-state index contributed by atoms with van der Waals surface area (Å²) in [5.41, 5.74) is 11.9. The summed E-state index contributed by atoms with van der Waals surface area (Å²) in [7, 11) is -3.83. The minimum Gasteiger partial charge on any atom is -0.491 e. The molecule has 0 spiro atoms. The highest BCUT2D eigenvalue weighted by atomic mass is 32.2. The van der Waals surface area contributed by atoms with Crippen LogP contribution in [0.25, 0.3) is 0 Å². The molecule has 1 fully saturated rings. The highest BCUT2D eigenvalue weighted by Gasteiger charge is 2.28. The SMILES string of the molecule is NC(=O)N1CCCC[C@@H]1COc1cccc2c1C(N)=NS(=O)(=O)N2. The van der Waals surface area contributed by atoms with Gasteiger partial charge in [-0.15, -0.1) is 4.40 Å². The number of fused-ring (bicyclic) bond motifs is 1. The Morgan fingerprint density at radius 1 is 1.42 bits per heavy atom. The molecule has 2 amide bonds. The number of nitrogens with zero attached hydrogens (tertiary/aromatic N) is 2. The minimum absolute atomic E-state index is 0.120. The normalized spacial score (nSPS) is 22.1. The fraction of sp³-hybridized carbons (Fsp3) is 0.429. The molecule has 0 radical (unpaired) electrons. The van der Waals surface area contributed by atoms with Gasteiger partial charge in [0.25, 0.3) is 0 Å². The number of hydrogen-bond donors (Lipinski definition) is 3. The number of anilines is 1. The summed E-state index contributed by atoms with van der Waals surface area (Å²) in [6, 6.07) is 4.33. The molecule has 0 bridgehead atoms. The molecule has 5 N–H and O–H groups in total. The van der Waals surface area contributed by atoms with E-state index in [9.17, 15) is 13.2 Å². The zero-order valence-corrected chi connectivity index (χ0v) is 13.8. The Kier molecular flexibility index (Phi) is 4.22. The summed E-state index contributed by atoms with van der Waals surface area (Å²) in [6.07, 6.45) is 2.71. The van der Waals surface area contributed by atoms with Crippen LogP contribution in [0.1, 0.15) is 24.8 Å². The van der Waals surface area contributed by atoms with Gasteiger partial charge in [-0.1, -0.05) is 6.07 Å². The van der Waals surface area contributed by atoms with Crippen LogP contribution < -0.4 is 20.9 Å². The summed E-state index contributed by atoms with van der Waals surface area (Å²) in [4.78, 5) is 13.1. The number of amides is 2. The van der Waals surface area contributed by atoms with Gasteiger partial charge in [0.2, 0.25) is 0 Å². The van der Waals surface area contributed by atoms with E-state index in [1.807, 2.05) is 0 Å². The second-order valence-corrected chi connectivity index (χ2v) is 7.06. The number of nitrogens with two attached hydrogens (primary N) is 2. The molecule has 10 heteroatoms. The van der Waals surface area contributed by atoms with Crippen molar-refractivity contribution in [3.63, 3.8) is 0 Å². The van der Waals surface area contributed by atoms with Crippen molar-refractivity contribution >= 4 is 27.8 Å². The van der Waals surface area contributed by atoms with Gasteiger partial charge in [0.15, 0.2) is 5.84 Å². The van der Waals surface area contributed by atoms with E-state index in [0.29, 0.717) is 23.5 Å². The number of hydrogen-bond acceptors (Lipinski definition) is 5. The average molecular weight is 353 g/mol. The number of urea groups is 1. The van der Waals surface area contributed by atoms with Gasteiger partial charge in [-0.3, -0.25) is 4.72 Å². The van der Waals surface area contributed by atoms with Crippen molar-refractivity contribution in [2.24, 2.45) is 15.9 Å². The molecule has 3 rings (SSSR count). The predicted octanol–water partition coefficient (Wildman–Crippen LogP) is 0.374. The Morgan fingerprint density at radius 3 is 2.96 bits per heavy atom. The third kappa shape index (κ3) is 3.23. The molecule has 0 aliphatic carbocycles. The van der Waals surface area contributed by atoms with Crippen LogP contribution >= 0.6 is 0 Å². The van der Waals surface area contributed by atoms with Crippen molar-refractivity contribution < 1.29 is 17.9 Å². The fourth-order valence-corrected chi connectivity index (χ4v) is 3.83. The summed E-state index contributed by atoms with van der Waals surface area (Å²) in [6.45, 7) is 0.860. The van der Waals surface area contributed by atoms with E-state index in [1.165, 1.54) is 0 Å². The maximum atomic E-state index is 11.6. The van der Waals surface area contributed by atoms with E-state index in [2.05, 4.69) is 9.12 Å². The number of benzene rings is 1. The Labute approximate surface area is 139 Å². The molecule has 2 heterocycles. The summed E-state index contributed by atoms with van der Waals surface area (Å²) < 4.78 is 34.7. The van der Waals surface area contributed by atoms with Crippen molar-refractivity contribution in [2.75, 3.05) is 17.9 Å². The number of primary amides is 1. The molecular weight excluding hydrogens is 334 g/mol. The molecular formula is C14H19N5O4S. The largest absolute Gasteiger partial charge is 0.491 e. The number of carbonyl (C=O) groups excluding carboxylic acids is 1. The molecule has 130 valence electrons. The molecule has 1 atom stereocenters. The molecule has 24 heavy (non-hydrogen) atoms. The van der Waals surface area contributed by atoms with Gasteiger partial charge < -0.3 is 21.1 Å². The number of piperidine rings is 1. The maximum absolute atomic E-state index is 11.6. The number of amidine groups is 1. The van der Waals surface area contributed by atoms with Crippen molar-refractivity contribution in [1.29, 1.82) is 0 Å². The first-order chi connectivity index (χ1) is 11.4. The molecule has 0 unspecified atom stereocenters. The first-order valence-electron chi connectivity index (χ1n) is 7.58. The minimum atomic E-state index is -3.83. The van der Waals surface area contributed by atoms with Gasteiger partial charge in [-0.25, -0.2) is 4.79 Å². The van der Waals surface area contributed by atoms with Gasteiger partial charge in [0, 0.05) is 6.54 Å². The molecule has 2 aliphatic heterocycles. The van der Waals surface area contributed by atoms with E-state index in [0.717, 1.165) is 19.3 Å². The second-order valence-electron chi connectivity index (χ2n) is 5.72. The van der Waals surface area contributed by atoms with E-state index in [1.54, 1.807) is 23.1 Å². The van der Waals surface area contributed by atoms with Crippen LogP contribution in [0, 0.1) is 0 Å². The number of rotatable bonds is 3. The van der Waals surface area contributed by atoms with Gasteiger partial charge in [-0.2, -0.15) is 8.42 Å². The van der Waals surface area contributed by atoms with Crippen molar-refractivity contribution in [2.45, 2.75) is 25.3 Å². The number of ether oxygens (including phenoxy) is 1. The molecule has 1 saturated heterocycles. The molecule has 0 saturated carbocycles. The van der Waals surface area contributed by atoms with Crippen LogP contribution in [0.4, 0.5) is 10.5 Å². The van der Waals surface area contributed by atoms with E-state index >= 15 is 0 Å². The average Bonchev–Trinajstić information content (AvgIpc) is 2.51. The van der Waals surface area contributed by atoms with Crippen LogP contribution in [0.3, 0.4) is 0 Å². The third-order valence-corrected chi connectivity index (χ3v) is 5.00. The summed E-state index contributed by atoms with van der Waals surface area (Å²) >= 11 is 0. The van der Waals surface area contributed by atoms with E-state index < -0.39 is 16.2 Å². The quantitative estimate of drug-likeness (QED) is 0.720. The molecule has 1 aromatic carbocycles. The van der Waals surface area contributed by atoms with Crippen LogP contribution in [-0.2, 0) is 10.2 Å². The molecule has 1 aromatic rings. The first-order valence-corrected chi connectivity index (χ1v) is 9.02. The lowest BCUT2D eigenvalue weighted by atomic mass is 10.0. The number of nitrogens with one attached hydrogen (secondary N) is 1. The number of carbonyl (C=O) groups is 1. The van der Waals surface area contributed by atoms with Crippen LogP contribution in [0.15, 0.2) is 22.6 Å². The van der Waals surface area contributed by atoms with Crippen LogP contribution in [0.5, 0.6) is 5.75 Å². The van der Waals surface area contributed by atoms with Crippen LogP contribution in [0.2, 0.25) is 0 Å². The lowest BCUT2D eigenvalue weighted by molar-refractivity contribution is 0.122. The zero-order valence-electron chi connectivity index (χ0n) is 12.9. The lowest BCUT2D eigenvalue weighted by Crippen LogP contribution is -2.49. The van der Waals surface area contributed by atoms with Gasteiger partial charge in [-0.05, 0) is 31.4 Å². The van der Waals surface area contributed by atoms with Crippen LogP contribution in [-0.4, -0.2) is 44.4 Å². The topological polar surface area (TPSA) is 140 Å². The molecule has 2 aliphatic rings. The molecule has 9 nitrogen and oxygen atoms in total. The Morgan fingerprint density at radius 2 is 2.21 bits per heavy atom. The highest BCUT2D eigenvalue weighted by Crippen LogP contribution is 2.31. The molecule has 0 aromatic heterocycles. The van der Waals surface area contributed by atoms with E-state index in [-0.39, 0.29) is 18.5 Å². The Balaban J connectivity index is 1.81. The second kappa shape index (κ2) is 6.19. The summed E-state index contributed by atoms with van der Waals surface area (Å²) in [5, 5.41) is 0. The standard InChI is InChI=1S/C14H19N5O4S/c15-13-12-10(17-24(21,22)18-13)5-3-6-11(12)23-8-9-4-1-2-7-19(9)14(16)20/h3,5-6,9,17H,1-2,4,7-8H2,(H2,15,18)(H2,16,20)/t9-/m1/s1. The monoisotopic (exact) mass is 353 g/mol. The van der Waals surface area contributed by atoms with Gasteiger partial charge in [0.1, 0.15) is 12.4 Å². The highest BCUT2D eigenvalue weighted by molar-refractivity contribution is 7.91. The van der Waals surface area contributed by atoms with Crippen molar-refractivity contribution in [3.05, 3.63) is 23.8 Å². The van der Waals surface area contributed by atoms with Gasteiger partial charge >= 0.3 is 16.2 Å². The van der Waals surface area contributed by atoms with Gasteiger partial charge in [0.05, 0.1) is 17.3 Å². The number of likely N-dealkylation sites (tertiary alicyclic amines) is 1. The van der Waals surface area contributed by atoms with E-state index in [4.69, 9.17) is 16.2 Å². The van der Waals surface area contributed by atoms with Crippen molar-refractivity contribution in [1.82, 2.24) is 4.90 Å². The smallest absolute Gasteiger partial charge is 0.344 e. The third-order valence-electron chi connectivity index (χ3n) is 4.08. The Bertz CT molecular complexity index is 792. The first kappa shape index (κ1) is 16.4.